The van der Waals surface area contributed by atoms with Crippen LogP contribution in [0.4, 0.5) is 5.82 Å². The van der Waals surface area contributed by atoms with E-state index >= 15 is 0 Å². The van der Waals surface area contributed by atoms with E-state index < -0.39 is 0 Å². The number of nitrogens with one attached hydrogen (secondary N) is 1. The highest BCUT2D eigenvalue weighted by Gasteiger charge is 2.22. The maximum absolute atomic E-state index is 11.2. The molecule has 2 rings (SSSR count). The van der Waals surface area contributed by atoms with Crippen LogP contribution in [-0.4, -0.2) is 35.5 Å². The van der Waals surface area contributed by atoms with Crippen LogP contribution in [0.2, 0.25) is 0 Å². The van der Waals surface area contributed by atoms with E-state index in [2.05, 4.69) is 26.3 Å². The third-order valence-corrected chi connectivity index (χ3v) is 3.61. The standard InChI is InChI=1S/C14H19N5O/c1-2-13(20)18-10-11-3-7-19(8-4-11)14-12(9-15)16-5-6-17-14/h5-6,11H,2-4,7-8,10H2,1H3,(H,18,20). The smallest absolute Gasteiger partial charge is 0.219 e. The van der Waals surface area contributed by atoms with Gasteiger partial charge in [0.1, 0.15) is 6.07 Å². The van der Waals surface area contributed by atoms with Crippen LogP contribution in [0.5, 0.6) is 0 Å². The molecule has 0 spiro atoms. The van der Waals surface area contributed by atoms with Crippen LogP contribution in [0.3, 0.4) is 0 Å². The second-order valence-electron chi connectivity index (χ2n) is 4.93. The third-order valence-electron chi connectivity index (χ3n) is 3.61. The third kappa shape index (κ3) is 3.44. The van der Waals surface area contributed by atoms with Gasteiger partial charge in [-0.1, -0.05) is 6.92 Å². The van der Waals surface area contributed by atoms with Crippen molar-refractivity contribution in [1.29, 1.82) is 5.26 Å². The van der Waals surface area contributed by atoms with Crippen molar-refractivity contribution in [3.63, 3.8) is 0 Å². The molecular formula is C14H19N5O. The summed E-state index contributed by atoms with van der Waals surface area (Å²) in [6.45, 7) is 4.29. The first-order valence-electron chi connectivity index (χ1n) is 6.97. The van der Waals surface area contributed by atoms with Crippen LogP contribution >= 0.6 is 0 Å². The van der Waals surface area contributed by atoms with Crippen molar-refractivity contribution in [3.05, 3.63) is 18.1 Å². The molecule has 106 valence electrons. The Labute approximate surface area is 118 Å². The number of piperidine rings is 1. The number of rotatable bonds is 4. The molecule has 20 heavy (non-hydrogen) atoms. The van der Waals surface area contributed by atoms with E-state index in [1.165, 1.54) is 6.20 Å². The van der Waals surface area contributed by atoms with Gasteiger partial charge in [0.15, 0.2) is 11.5 Å². The second-order valence-corrected chi connectivity index (χ2v) is 4.93. The molecule has 0 aliphatic carbocycles. The second kappa shape index (κ2) is 6.85. The lowest BCUT2D eigenvalue weighted by molar-refractivity contribution is -0.120. The van der Waals surface area contributed by atoms with Crippen molar-refractivity contribution < 1.29 is 4.79 Å². The van der Waals surface area contributed by atoms with Crippen LogP contribution < -0.4 is 10.2 Å². The predicted octanol–water partition coefficient (Wildman–Crippen LogP) is 1.09. The Hall–Kier alpha value is -2.16. The molecule has 0 bridgehead atoms. The summed E-state index contributed by atoms with van der Waals surface area (Å²) in [6, 6.07) is 2.08. The predicted molar refractivity (Wildman–Crippen MR) is 75.0 cm³/mol. The van der Waals surface area contributed by atoms with E-state index in [1.807, 2.05) is 6.92 Å². The number of carbonyl (C=O) groups is 1. The minimum atomic E-state index is 0.105. The van der Waals surface area contributed by atoms with Crippen molar-refractivity contribution in [1.82, 2.24) is 15.3 Å². The number of carbonyl (C=O) groups excluding carboxylic acids is 1. The van der Waals surface area contributed by atoms with E-state index in [1.54, 1.807) is 6.20 Å². The SMILES string of the molecule is CCC(=O)NCC1CCN(c2nccnc2C#N)CC1. The number of aromatic nitrogens is 2. The highest BCUT2D eigenvalue weighted by molar-refractivity contribution is 5.75. The van der Waals surface area contributed by atoms with Crippen LogP contribution in [0, 0.1) is 17.2 Å². The molecular weight excluding hydrogens is 254 g/mol. The summed E-state index contributed by atoms with van der Waals surface area (Å²) in [6.07, 6.45) is 5.67. The first-order chi connectivity index (χ1) is 9.74. The Morgan fingerprint density at radius 3 is 2.80 bits per heavy atom. The number of nitrogens with zero attached hydrogens (tertiary/aromatic N) is 4. The number of anilines is 1. The van der Waals surface area contributed by atoms with E-state index in [0.717, 1.165) is 32.5 Å². The van der Waals surface area contributed by atoms with Gasteiger partial charge in [0, 0.05) is 38.4 Å². The lowest BCUT2D eigenvalue weighted by atomic mass is 9.96. The maximum atomic E-state index is 11.2. The Morgan fingerprint density at radius 1 is 1.45 bits per heavy atom. The van der Waals surface area contributed by atoms with Gasteiger partial charge in [-0.15, -0.1) is 0 Å². The molecule has 0 aromatic carbocycles. The fourth-order valence-electron chi connectivity index (χ4n) is 2.37. The fourth-order valence-corrected chi connectivity index (χ4v) is 2.37. The number of hydrogen-bond donors (Lipinski definition) is 1. The van der Waals surface area contributed by atoms with Crippen LogP contribution in [-0.2, 0) is 4.79 Å². The minimum Gasteiger partial charge on any atom is -0.356 e. The van der Waals surface area contributed by atoms with Crippen LogP contribution in [0.1, 0.15) is 31.9 Å². The summed E-state index contributed by atoms with van der Waals surface area (Å²) in [5, 5.41) is 12.0. The lowest BCUT2D eigenvalue weighted by Gasteiger charge is -2.32. The van der Waals surface area contributed by atoms with E-state index in [4.69, 9.17) is 5.26 Å². The van der Waals surface area contributed by atoms with Gasteiger partial charge in [-0.05, 0) is 18.8 Å². The zero-order valence-electron chi connectivity index (χ0n) is 11.7. The summed E-state index contributed by atoms with van der Waals surface area (Å²) in [4.78, 5) is 21.6. The molecule has 1 amide bonds. The molecule has 1 saturated heterocycles. The van der Waals surface area contributed by atoms with Crippen LogP contribution in [0.25, 0.3) is 0 Å². The topological polar surface area (TPSA) is 81.9 Å². The highest BCUT2D eigenvalue weighted by atomic mass is 16.1. The first-order valence-corrected chi connectivity index (χ1v) is 6.97. The Kier molecular flexibility index (Phi) is 4.88. The summed E-state index contributed by atoms with van der Waals surface area (Å²) < 4.78 is 0. The molecule has 1 aromatic heterocycles. The van der Waals surface area contributed by atoms with Gasteiger partial charge in [0.05, 0.1) is 0 Å². The summed E-state index contributed by atoms with van der Waals surface area (Å²) >= 11 is 0. The number of nitriles is 1. The van der Waals surface area contributed by atoms with Gasteiger partial charge < -0.3 is 10.2 Å². The minimum absolute atomic E-state index is 0.105. The average molecular weight is 273 g/mol. The van der Waals surface area contributed by atoms with Gasteiger partial charge >= 0.3 is 0 Å². The molecule has 1 aliphatic heterocycles. The average Bonchev–Trinajstić information content (AvgIpc) is 2.53. The molecule has 1 aliphatic rings. The summed E-state index contributed by atoms with van der Waals surface area (Å²) in [7, 11) is 0. The van der Waals surface area contributed by atoms with E-state index in [9.17, 15) is 4.79 Å². The molecule has 1 N–H and O–H groups in total. The van der Waals surface area contributed by atoms with E-state index in [0.29, 0.717) is 23.9 Å². The van der Waals surface area contributed by atoms with Crippen molar-refractivity contribution in [3.8, 4) is 6.07 Å². The molecule has 6 nitrogen and oxygen atoms in total. The summed E-state index contributed by atoms with van der Waals surface area (Å²) in [5.74, 6) is 1.28. The van der Waals surface area contributed by atoms with Crippen molar-refractivity contribution in [2.45, 2.75) is 26.2 Å². The Balaban J connectivity index is 1.88. The number of amides is 1. The largest absolute Gasteiger partial charge is 0.356 e. The first kappa shape index (κ1) is 14.3. The van der Waals surface area contributed by atoms with Gasteiger partial charge in [-0.2, -0.15) is 5.26 Å². The van der Waals surface area contributed by atoms with Gasteiger partial charge in [-0.3, -0.25) is 4.79 Å². The number of hydrogen-bond acceptors (Lipinski definition) is 5. The molecule has 0 unspecified atom stereocenters. The van der Waals surface area contributed by atoms with Gasteiger partial charge in [0.25, 0.3) is 0 Å². The summed E-state index contributed by atoms with van der Waals surface area (Å²) in [5.41, 5.74) is 0.380. The monoisotopic (exact) mass is 273 g/mol. The molecule has 1 fully saturated rings. The zero-order valence-corrected chi connectivity index (χ0v) is 11.7. The normalized spacial score (nSPS) is 15.7. The van der Waals surface area contributed by atoms with Gasteiger partial charge in [0.2, 0.25) is 5.91 Å². The zero-order chi connectivity index (χ0) is 14.4. The molecule has 0 saturated carbocycles. The molecule has 0 atom stereocenters. The van der Waals surface area contributed by atoms with Gasteiger partial charge in [-0.25, -0.2) is 9.97 Å². The maximum Gasteiger partial charge on any atom is 0.219 e. The van der Waals surface area contributed by atoms with Crippen molar-refractivity contribution in [2.24, 2.45) is 5.92 Å². The molecule has 2 heterocycles. The molecule has 1 aromatic rings. The highest BCUT2D eigenvalue weighted by Crippen LogP contribution is 2.22. The van der Waals surface area contributed by atoms with Crippen molar-refractivity contribution >= 4 is 11.7 Å². The molecule has 6 heteroatoms. The van der Waals surface area contributed by atoms with Crippen LogP contribution in [0.15, 0.2) is 12.4 Å². The fraction of sp³-hybridized carbons (Fsp3) is 0.571. The Morgan fingerprint density at radius 2 is 2.15 bits per heavy atom. The Bertz CT molecular complexity index is 503. The molecule has 0 radical (unpaired) electrons. The quantitative estimate of drug-likeness (QED) is 0.888. The van der Waals surface area contributed by atoms with E-state index in [-0.39, 0.29) is 5.91 Å². The lowest BCUT2D eigenvalue weighted by Crippen LogP contribution is -2.39. The van der Waals surface area contributed by atoms with Crippen molar-refractivity contribution in [2.75, 3.05) is 24.5 Å².